The van der Waals surface area contributed by atoms with Gasteiger partial charge in [0.1, 0.15) is 0 Å². The summed E-state index contributed by atoms with van der Waals surface area (Å²) in [6.07, 6.45) is 0. The fourth-order valence-corrected chi connectivity index (χ4v) is 4.05. The fourth-order valence-electron chi connectivity index (χ4n) is 2.91. The molecule has 0 radical (unpaired) electrons. The van der Waals surface area contributed by atoms with Crippen molar-refractivity contribution in [2.75, 3.05) is 10.0 Å². The monoisotopic (exact) mass is 438 g/mol. The van der Waals surface area contributed by atoms with Crippen molar-refractivity contribution in [1.82, 2.24) is 9.97 Å². The molecule has 0 amide bonds. The molecule has 0 saturated heterocycles. The summed E-state index contributed by atoms with van der Waals surface area (Å²) in [6, 6.07) is 19.1. The molecule has 4 aromatic rings. The second-order valence-electron chi connectivity index (χ2n) is 6.89. The molecule has 0 aliphatic heterocycles. The van der Waals surface area contributed by atoms with Crippen LogP contribution in [0.15, 0.2) is 71.6 Å². The van der Waals surface area contributed by atoms with Crippen molar-refractivity contribution < 1.29 is 8.42 Å². The number of hydrogen-bond acceptors (Lipinski definition) is 5. The van der Waals surface area contributed by atoms with Crippen molar-refractivity contribution >= 4 is 50.0 Å². The predicted molar refractivity (Wildman–Crippen MR) is 121 cm³/mol. The van der Waals surface area contributed by atoms with E-state index in [0.717, 1.165) is 16.8 Å². The molecule has 1 aromatic heterocycles. The molecule has 30 heavy (non-hydrogen) atoms. The molecule has 0 spiro atoms. The van der Waals surface area contributed by atoms with Crippen LogP contribution in [-0.4, -0.2) is 18.4 Å². The summed E-state index contributed by atoms with van der Waals surface area (Å²) in [5, 5.41) is 3.65. The lowest BCUT2D eigenvalue weighted by Gasteiger charge is -2.14. The number of para-hydroxylation sites is 2. The number of nitrogens with zero attached hydrogens (tertiary/aromatic N) is 2. The van der Waals surface area contributed by atoms with Crippen LogP contribution in [0.1, 0.15) is 11.1 Å². The first-order valence-electron chi connectivity index (χ1n) is 9.21. The van der Waals surface area contributed by atoms with Gasteiger partial charge in [-0.2, -0.15) is 0 Å². The van der Waals surface area contributed by atoms with Crippen LogP contribution in [-0.2, 0) is 10.0 Å². The number of nitrogens with one attached hydrogen (secondary N) is 2. The third-order valence-electron chi connectivity index (χ3n) is 4.70. The maximum atomic E-state index is 12.9. The maximum absolute atomic E-state index is 12.9. The van der Waals surface area contributed by atoms with E-state index < -0.39 is 10.0 Å². The number of halogens is 1. The van der Waals surface area contributed by atoms with Crippen LogP contribution in [0.4, 0.5) is 17.3 Å². The van der Waals surface area contributed by atoms with E-state index in [4.69, 9.17) is 11.6 Å². The highest BCUT2D eigenvalue weighted by Gasteiger charge is 2.19. The van der Waals surface area contributed by atoms with Gasteiger partial charge in [-0.1, -0.05) is 29.8 Å². The first-order chi connectivity index (χ1) is 14.3. The zero-order valence-corrected chi connectivity index (χ0v) is 17.9. The molecule has 0 fully saturated rings. The van der Waals surface area contributed by atoms with Crippen molar-refractivity contribution in [3.05, 3.63) is 82.9 Å². The third kappa shape index (κ3) is 4.22. The SMILES string of the molecule is Cc1ccc(Nc2nc3ccccc3nc2NS(=O)(=O)c2ccc(Cl)cc2)cc1C. The Bertz CT molecular complexity index is 1340. The summed E-state index contributed by atoms with van der Waals surface area (Å²) < 4.78 is 28.4. The van der Waals surface area contributed by atoms with Gasteiger partial charge in [0.2, 0.25) is 0 Å². The molecule has 3 aromatic carbocycles. The minimum atomic E-state index is -3.88. The molecule has 0 aliphatic carbocycles. The van der Waals surface area contributed by atoms with Crippen LogP contribution < -0.4 is 10.0 Å². The predicted octanol–water partition coefficient (Wildman–Crippen LogP) is 5.44. The Labute approximate surface area is 180 Å². The van der Waals surface area contributed by atoms with Crippen molar-refractivity contribution in [3.63, 3.8) is 0 Å². The summed E-state index contributed by atoms with van der Waals surface area (Å²) in [6.45, 7) is 4.04. The number of aromatic nitrogens is 2. The van der Waals surface area contributed by atoms with Gasteiger partial charge in [0.05, 0.1) is 15.9 Å². The molecule has 1 heterocycles. The Balaban J connectivity index is 1.78. The average molecular weight is 439 g/mol. The summed E-state index contributed by atoms with van der Waals surface area (Å²) in [4.78, 5) is 9.17. The van der Waals surface area contributed by atoms with Gasteiger partial charge in [-0.3, -0.25) is 4.72 Å². The van der Waals surface area contributed by atoms with Crippen molar-refractivity contribution in [2.24, 2.45) is 0 Å². The highest BCUT2D eigenvalue weighted by Crippen LogP contribution is 2.28. The van der Waals surface area contributed by atoms with Crippen LogP contribution in [0.5, 0.6) is 0 Å². The Kier molecular flexibility index (Phi) is 5.32. The van der Waals surface area contributed by atoms with E-state index in [1.54, 1.807) is 6.07 Å². The molecule has 6 nitrogen and oxygen atoms in total. The highest BCUT2D eigenvalue weighted by atomic mass is 35.5. The van der Waals surface area contributed by atoms with Crippen molar-refractivity contribution in [1.29, 1.82) is 0 Å². The van der Waals surface area contributed by atoms with Gasteiger partial charge in [-0.25, -0.2) is 18.4 Å². The van der Waals surface area contributed by atoms with E-state index in [1.807, 2.05) is 50.2 Å². The summed E-state index contributed by atoms with van der Waals surface area (Å²) in [7, 11) is -3.88. The van der Waals surface area contributed by atoms with Gasteiger partial charge in [-0.05, 0) is 73.5 Å². The standard InChI is InChI=1S/C22H19ClN4O2S/c1-14-7-10-17(13-15(14)2)24-21-22(26-20-6-4-3-5-19(20)25-21)27-30(28,29)18-11-8-16(23)9-12-18/h3-13H,1-2H3,(H,24,25)(H,26,27). The largest absolute Gasteiger partial charge is 0.337 e. The second-order valence-corrected chi connectivity index (χ2v) is 9.01. The zero-order chi connectivity index (χ0) is 21.3. The van der Waals surface area contributed by atoms with Crippen molar-refractivity contribution in [3.8, 4) is 0 Å². The number of rotatable bonds is 5. The quantitative estimate of drug-likeness (QED) is 0.433. The van der Waals surface area contributed by atoms with Gasteiger partial charge in [0.25, 0.3) is 10.0 Å². The normalized spacial score (nSPS) is 11.4. The summed E-state index contributed by atoms with van der Waals surface area (Å²) in [5.74, 6) is 0.427. The number of anilines is 3. The molecule has 152 valence electrons. The minimum Gasteiger partial charge on any atom is -0.337 e. The highest BCUT2D eigenvalue weighted by molar-refractivity contribution is 7.92. The Morgan fingerprint density at radius 1 is 0.800 bits per heavy atom. The van der Waals surface area contributed by atoms with Gasteiger partial charge in [0, 0.05) is 10.7 Å². The maximum Gasteiger partial charge on any atom is 0.263 e. The van der Waals surface area contributed by atoms with Crippen LogP contribution in [0.2, 0.25) is 5.02 Å². The number of benzene rings is 3. The van der Waals surface area contributed by atoms with E-state index in [2.05, 4.69) is 20.0 Å². The fraction of sp³-hybridized carbons (Fsp3) is 0.0909. The number of hydrogen-bond donors (Lipinski definition) is 2. The molecule has 0 atom stereocenters. The molecule has 4 rings (SSSR count). The van der Waals surface area contributed by atoms with Crippen molar-refractivity contribution in [2.45, 2.75) is 18.7 Å². The molecule has 0 aliphatic rings. The topological polar surface area (TPSA) is 84.0 Å². The number of aryl methyl sites for hydroxylation is 2. The third-order valence-corrected chi connectivity index (χ3v) is 6.30. The Hall–Kier alpha value is -3.16. The first kappa shape index (κ1) is 20.1. The Morgan fingerprint density at radius 3 is 2.07 bits per heavy atom. The van der Waals surface area contributed by atoms with E-state index in [-0.39, 0.29) is 10.7 Å². The van der Waals surface area contributed by atoms with E-state index in [9.17, 15) is 8.42 Å². The van der Waals surface area contributed by atoms with Crippen LogP contribution in [0.25, 0.3) is 11.0 Å². The van der Waals surface area contributed by atoms with Crippen LogP contribution in [0, 0.1) is 13.8 Å². The smallest absolute Gasteiger partial charge is 0.263 e. The first-order valence-corrected chi connectivity index (χ1v) is 11.1. The molecule has 0 bridgehead atoms. The van der Waals surface area contributed by atoms with Crippen LogP contribution >= 0.6 is 11.6 Å². The average Bonchev–Trinajstić information content (AvgIpc) is 2.71. The lowest BCUT2D eigenvalue weighted by Crippen LogP contribution is -2.16. The summed E-state index contributed by atoms with van der Waals surface area (Å²) in [5.41, 5.74) is 4.29. The zero-order valence-electron chi connectivity index (χ0n) is 16.3. The van der Waals surface area contributed by atoms with Gasteiger partial charge in [0.15, 0.2) is 11.6 Å². The van der Waals surface area contributed by atoms with Gasteiger partial charge in [-0.15, -0.1) is 0 Å². The minimum absolute atomic E-state index is 0.0824. The molecule has 0 unspecified atom stereocenters. The number of fused-ring (bicyclic) bond motifs is 1. The Morgan fingerprint density at radius 2 is 1.43 bits per heavy atom. The lowest BCUT2D eigenvalue weighted by atomic mass is 10.1. The molecule has 8 heteroatoms. The van der Waals surface area contributed by atoms with E-state index in [0.29, 0.717) is 21.9 Å². The molecule has 0 saturated carbocycles. The molecular formula is C22H19ClN4O2S. The molecule has 2 N–H and O–H groups in total. The summed E-state index contributed by atoms with van der Waals surface area (Å²) >= 11 is 5.88. The molecular weight excluding hydrogens is 420 g/mol. The lowest BCUT2D eigenvalue weighted by molar-refractivity contribution is 0.601. The van der Waals surface area contributed by atoms with Gasteiger partial charge >= 0.3 is 0 Å². The van der Waals surface area contributed by atoms with Crippen LogP contribution in [0.3, 0.4) is 0 Å². The van der Waals surface area contributed by atoms with E-state index in [1.165, 1.54) is 24.3 Å². The number of sulfonamides is 1. The second kappa shape index (κ2) is 7.93. The van der Waals surface area contributed by atoms with Gasteiger partial charge < -0.3 is 5.32 Å². The van der Waals surface area contributed by atoms with E-state index >= 15 is 0 Å².